The number of carbonyl (C=O) groups is 2. The van der Waals surface area contributed by atoms with E-state index in [-0.39, 0.29) is 11.8 Å². The predicted octanol–water partition coefficient (Wildman–Crippen LogP) is 1.47. The fraction of sp³-hybridized carbons (Fsp3) is 0.467. The van der Waals surface area contributed by atoms with Gasteiger partial charge in [0, 0.05) is 43.9 Å². The molecule has 5 heteroatoms. The molecule has 0 bridgehead atoms. The van der Waals surface area contributed by atoms with Crippen LogP contribution in [-0.2, 0) is 4.79 Å². The van der Waals surface area contributed by atoms with E-state index < -0.39 is 0 Å². The van der Waals surface area contributed by atoms with E-state index in [0.717, 1.165) is 19.5 Å². The lowest BCUT2D eigenvalue weighted by molar-refractivity contribution is -0.114. The Balaban J connectivity index is 2.10. The second-order valence-corrected chi connectivity index (χ2v) is 5.20. The lowest BCUT2D eigenvalue weighted by Gasteiger charge is -2.20. The van der Waals surface area contributed by atoms with Gasteiger partial charge in [-0.05, 0) is 31.5 Å². The Morgan fingerprint density at radius 3 is 2.90 bits per heavy atom. The highest BCUT2D eigenvalue weighted by molar-refractivity contribution is 5.96. The van der Waals surface area contributed by atoms with Gasteiger partial charge < -0.3 is 15.5 Å². The molecule has 5 nitrogen and oxygen atoms in total. The van der Waals surface area contributed by atoms with Gasteiger partial charge in [0.15, 0.2) is 0 Å². The molecule has 1 saturated heterocycles. The second kappa shape index (κ2) is 6.52. The Morgan fingerprint density at radius 1 is 1.35 bits per heavy atom. The first kappa shape index (κ1) is 14.5. The molecule has 2 N–H and O–H groups in total. The molecule has 20 heavy (non-hydrogen) atoms. The van der Waals surface area contributed by atoms with Crippen LogP contribution in [0.15, 0.2) is 24.3 Å². The third-order valence-electron chi connectivity index (χ3n) is 3.42. The van der Waals surface area contributed by atoms with Crippen molar-refractivity contribution in [3.63, 3.8) is 0 Å². The average Bonchev–Trinajstić information content (AvgIpc) is 2.62. The fourth-order valence-electron chi connectivity index (χ4n) is 2.33. The van der Waals surface area contributed by atoms with Crippen molar-refractivity contribution in [3.8, 4) is 0 Å². The van der Waals surface area contributed by atoms with Crippen LogP contribution >= 0.6 is 0 Å². The normalized spacial score (nSPS) is 19.3. The number of benzene rings is 1. The minimum absolute atomic E-state index is 0.0214. The lowest BCUT2D eigenvalue weighted by Crippen LogP contribution is -2.34. The van der Waals surface area contributed by atoms with Gasteiger partial charge in [-0.15, -0.1) is 0 Å². The van der Waals surface area contributed by atoms with Crippen LogP contribution in [0.2, 0.25) is 0 Å². The van der Waals surface area contributed by atoms with Crippen LogP contribution in [-0.4, -0.2) is 42.4 Å². The maximum Gasteiger partial charge on any atom is 0.253 e. The molecule has 1 aliphatic rings. The van der Waals surface area contributed by atoms with Crippen LogP contribution in [0.3, 0.4) is 0 Å². The molecule has 1 heterocycles. The number of anilines is 1. The molecular weight excluding hydrogens is 254 g/mol. The molecule has 1 aromatic carbocycles. The summed E-state index contributed by atoms with van der Waals surface area (Å²) in [5.74, 6) is -0.115. The van der Waals surface area contributed by atoms with Gasteiger partial charge in [0.1, 0.15) is 0 Å². The third-order valence-corrected chi connectivity index (χ3v) is 3.42. The lowest BCUT2D eigenvalue weighted by atomic mass is 10.1. The summed E-state index contributed by atoms with van der Waals surface area (Å²) in [6.07, 6.45) is 0.955. The molecule has 0 spiro atoms. The largest absolute Gasteiger partial charge is 0.337 e. The number of hydrogen-bond acceptors (Lipinski definition) is 3. The second-order valence-electron chi connectivity index (χ2n) is 5.20. The van der Waals surface area contributed by atoms with Crippen molar-refractivity contribution in [2.75, 3.05) is 25.0 Å². The van der Waals surface area contributed by atoms with E-state index in [2.05, 4.69) is 17.6 Å². The van der Waals surface area contributed by atoms with Crippen LogP contribution < -0.4 is 10.6 Å². The first-order valence-electron chi connectivity index (χ1n) is 6.96. The van der Waals surface area contributed by atoms with Crippen LogP contribution in [0, 0.1) is 0 Å². The molecule has 1 atom stereocenters. The van der Waals surface area contributed by atoms with E-state index in [9.17, 15) is 9.59 Å². The zero-order chi connectivity index (χ0) is 14.5. The van der Waals surface area contributed by atoms with E-state index in [1.54, 1.807) is 24.3 Å². The monoisotopic (exact) mass is 275 g/mol. The summed E-state index contributed by atoms with van der Waals surface area (Å²) in [5.41, 5.74) is 1.27. The summed E-state index contributed by atoms with van der Waals surface area (Å²) in [4.78, 5) is 25.4. The molecular formula is C15H21N3O2. The smallest absolute Gasteiger partial charge is 0.253 e. The van der Waals surface area contributed by atoms with Crippen molar-refractivity contribution < 1.29 is 9.59 Å². The molecule has 1 unspecified atom stereocenters. The molecule has 2 rings (SSSR count). The van der Waals surface area contributed by atoms with Gasteiger partial charge in [0.05, 0.1) is 0 Å². The van der Waals surface area contributed by atoms with Crippen LogP contribution in [0.4, 0.5) is 5.69 Å². The maximum atomic E-state index is 12.5. The number of carbonyl (C=O) groups excluding carboxylic acids is 2. The van der Waals surface area contributed by atoms with Crippen LogP contribution in [0.25, 0.3) is 0 Å². The van der Waals surface area contributed by atoms with Gasteiger partial charge in [0.25, 0.3) is 5.91 Å². The molecule has 1 fully saturated rings. The number of nitrogens with zero attached hydrogens (tertiary/aromatic N) is 1. The van der Waals surface area contributed by atoms with Crippen molar-refractivity contribution >= 4 is 17.5 Å². The maximum absolute atomic E-state index is 12.5. The summed E-state index contributed by atoms with van der Waals surface area (Å²) < 4.78 is 0. The average molecular weight is 275 g/mol. The Hall–Kier alpha value is -1.88. The van der Waals surface area contributed by atoms with Crippen LogP contribution in [0.5, 0.6) is 0 Å². The Morgan fingerprint density at radius 2 is 2.15 bits per heavy atom. The van der Waals surface area contributed by atoms with Crippen molar-refractivity contribution in [2.45, 2.75) is 26.3 Å². The van der Waals surface area contributed by atoms with Crippen LogP contribution in [0.1, 0.15) is 30.6 Å². The van der Waals surface area contributed by atoms with E-state index in [1.807, 2.05) is 4.90 Å². The molecule has 0 aliphatic carbocycles. The van der Waals surface area contributed by atoms with E-state index in [1.165, 1.54) is 6.92 Å². The Kier molecular flexibility index (Phi) is 4.74. The van der Waals surface area contributed by atoms with Gasteiger partial charge >= 0.3 is 0 Å². The van der Waals surface area contributed by atoms with E-state index in [4.69, 9.17) is 0 Å². The number of hydrogen-bond donors (Lipinski definition) is 2. The standard InChI is InChI=1S/C15H21N3O2/c1-11-6-8-18(9-7-16-11)15(20)13-4-3-5-14(10-13)17-12(2)19/h3-5,10-11,16H,6-9H2,1-2H3,(H,17,19). The zero-order valence-corrected chi connectivity index (χ0v) is 12.0. The first-order valence-corrected chi connectivity index (χ1v) is 6.96. The molecule has 0 radical (unpaired) electrons. The highest BCUT2D eigenvalue weighted by Gasteiger charge is 2.19. The molecule has 1 aromatic rings. The van der Waals surface area contributed by atoms with Gasteiger partial charge in [-0.1, -0.05) is 6.07 Å². The van der Waals surface area contributed by atoms with Gasteiger partial charge in [-0.3, -0.25) is 9.59 Å². The third kappa shape index (κ3) is 3.81. The van der Waals surface area contributed by atoms with Crippen molar-refractivity contribution in [3.05, 3.63) is 29.8 Å². The molecule has 108 valence electrons. The minimum Gasteiger partial charge on any atom is -0.337 e. The summed E-state index contributed by atoms with van der Waals surface area (Å²) in [6.45, 7) is 5.88. The highest BCUT2D eigenvalue weighted by atomic mass is 16.2. The minimum atomic E-state index is -0.137. The number of nitrogens with one attached hydrogen (secondary N) is 2. The summed E-state index contributed by atoms with van der Waals surface area (Å²) in [7, 11) is 0. The summed E-state index contributed by atoms with van der Waals surface area (Å²) in [6, 6.07) is 7.53. The zero-order valence-electron chi connectivity index (χ0n) is 12.0. The molecule has 2 amide bonds. The summed E-state index contributed by atoms with van der Waals surface area (Å²) >= 11 is 0. The highest BCUT2D eigenvalue weighted by Crippen LogP contribution is 2.14. The van der Waals surface area contributed by atoms with Crippen molar-refractivity contribution in [2.24, 2.45) is 0 Å². The summed E-state index contributed by atoms with van der Waals surface area (Å²) in [5, 5.41) is 6.07. The van der Waals surface area contributed by atoms with Crippen molar-refractivity contribution in [1.29, 1.82) is 0 Å². The van der Waals surface area contributed by atoms with E-state index in [0.29, 0.717) is 23.8 Å². The van der Waals surface area contributed by atoms with Crippen molar-refractivity contribution in [1.82, 2.24) is 10.2 Å². The molecule has 0 saturated carbocycles. The first-order chi connectivity index (χ1) is 9.56. The van der Waals surface area contributed by atoms with Gasteiger partial charge in [-0.25, -0.2) is 0 Å². The molecule has 1 aliphatic heterocycles. The van der Waals surface area contributed by atoms with Gasteiger partial charge in [-0.2, -0.15) is 0 Å². The number of amides is 2. The Labute approximate surface area is 119 Å². The topological polar surface area (TPSA) is 61.4 Å². The SMILES string of the molecule is CC(=O)Nc1cccc(C(=O)N2CCNC(C)CC2)c1. The van der Waals surface area contributed by atoms with E-state index >= 15 is 0 Å². The Bertz CT molecular complexity index is 502. The molecule has 0 aromatic heterocycles. The fourth-order valence-corrected chi connectivity index (χ4v) is 2.33. The predicted molar refractivity (Wildman–Crippen MR) is 78.7 cm³/mol. The number of rotatable bonds is 2. The quantitative estimate of drug-likeness (QED) is 0.859. The van der Waals surface area contributed by atoms with Gasteiger partial charge in [0.2, 0.25) is 5.91 Å².